The van der Waals surface area contributed by atoms with Crippen LogP contribution in [0.2, 0.25) is 0 Å². The van der Waals surface area contributed by atoms with Crippen LogP contribution < -0.4 is 5.32 Å². The molecule has 0 aromatic heterocycles. The van der Waals surface area contributed by atoms with Crippen molar-refractivity contribution < 1.29 is 9.59 Å². The molecule has 1 aliphatic heterocycles. The van der Waals surface area contributed by atoms with Gasteiger partial charge in [-0.1, -0.05) is 12.1 Å². The smallest absolute Gasteiger partial charge is 0.261 e. The molecule has 1 aromatic carbocycles. The van der Waals surface area contributed by atoms with Crippen LogP contribution in [0.1, 0.15) is 20.7 Å². The molecule has 1 heterocycles. The van der Waals surface area contributed by atoms with Crippen LogP contribution in [0, 0.1) is 0 Å². The number of fused-ring (bicyclic) bond motifs is 1. The molecule has 78 valence electrons. The highest BCUT2D eigenvalue weighted by atomic mass is 16.2. The van der Waals surface area contributed by atoms with Gasteiger partial charge in [-0.2, -0.15) is 0 Å². The summed E-state index contributed by atoms with van der Waals surface area (Å²) in [6.45, 7) is 1.04. The lowest BCUT2D eigenvalue weighted by Gasteiger charge is -2.12. The molecule has 4 nitrogen and oxygen atoms in total. The van der Waals surface area contributed by atoms with Crippen LogP contribution in [-0.2, 0) is 0 Å². The molecule has 0 radical (unpaired) electrons. The van der Waals surface area contributed by atoms with Gasteiger partial charge in [0.15, 0.2) is 0 Å². The highest BCUT2D eigenvalue weighted by Crippen LogP contribution is 2.21. The van der Waals surface area contributed by atoms with Crippen LogP contribution in [-0.4, -0.2) is 36.9 Å². The second-order valence-electron chi connectivity index (χ2n) is 3.41. The first-order valence-electron chi connectivity index (χ1n) is 4.85. The van der Waals surface area contributed by atoms with Crippen LogP contribution in [0.15, 0.2) is 24.3 Å². The topological polar surface area (TPSA) is 49.4 Å². The number of carbonyl (C=O) groups is 2. The number of amides is 2. The van der Waals surface area contributed by atoms with Crippen LogP contribution in [0.4, 0.5) is 0 Å². The Morgan fingerprint density at radius 1 is 1.13 bits per heavy atom. The van der Waals surface area contributed by atoms with Gasteiger partial charge in [0, 0.05) is 13.1 Å². The number of nitrogens with one attached hydrogen (secondary N) is 1. The van der Waals surface area contributed by atoms with Gasteiger partial charge in [-0.3, -0.25) is 14.5 Å². The van der Waals surface area contributed by atoms with Gasteiger partial charge >= 0.3 is 0 Å². The Hall–Kier alpha value is -1.68. The molecule has 0 unspecified atom stereocenters. The van der Waals surface area contributed by atoms with Gasteiger partial charge in [-0.15, -0.1) is 0 Å². The van der Waals surface area contributed by atoms with Crippen molar-refractivity contribution in [3.8, 4) is 0 Å². The predicted molar refractivity (Wildman–Crippen MR) is 55.7 cm³/mol. The summed E-state index contributed by atoms with van der Waals surface area (Å²) in [6, 6.07) is 6.92. The van der Waals surface area contributed by atoms with E-state index in [0.29, 0.717) is 24.2 Å². The van der Waals surface area contributed by atoms with Gasteiger partial charge in [0.1, 0.15) is 0 Å². The van der Waals surface area contributed by atoms with Crippen molar-refractivity contribution in [1.82, 2.24) is 10.2 Å². The van der Waals surface area contributed by atoms with Gasteiger partial charge in [0.2, 0.25) is 0 Å². The van der Waals surface area contributed by atoms with Crippen molar-refractivity contribution in [2.45, 2.75) is 0 Å². The number of benzene rings is 1. The standard InChI is InChI=1S/C11H12N2O2/c1-12-6-7-13-10(14)8-4-2-3-5-9(8)11(13)15/h2-5,12H,6-7H2,1H3. The average molecular weight is 204 g/mol. The van der Waals surface area contributed by atoms with Crippen molar-refractivity contribution in [2.75, 3.05) is 20.1 Å². The van der Waals surface area contributed by atoms with Crippen molar-refractivity contribution in [2.24, 2.45) is 0 Å². The fourth-order valence-corrected chi connectivity index (χ4v) is 1.67. The van der Waals surface area contributed by atoms with E-state index < -0.39 is 0 Å². The molecule has 0 bridgehead atoms. The normalized spacial score (nSPS) is 14.6. The van der Waals surface area contributed by atoms with Crippen molar-refractivity contribution in [3.05, 3.63) is 35.4 Å². The Balaban J connectivity index is 2.29. The minimum atomic E-state index is -0.189. The zero-order chi connectivity index (χ0) is 10.8. The van der Waals surface area contributed by atoms with Gasteiger partial charge in [-0.05, 0) is 19.2 Å². The summed E-state index contributed by atoms with van der Waals surface area (Å²) in [6.07, 6.45) is 0. The molecule has 1 aromatic rings. The van der Waals surface area contributed by atoms with Crippen LogP contribution in [0.25, 0.3) is 0 Å². The molecule has 0 spiro atoms. The summed E-state index contributed by atoms with van der Waals surface area (Å²) in [4.78, 5) is 24.9. The largest absolute Gasteiger partial charge is 0.318 e. The number of rotatable bonds is 3. The first kappa shape index (κ1) is 9.86. The fourth-order valence-electron chi connectivity index (χ4n) is 1.67. The van der Waals surface area contributed by atoms with Gasteiger partial charge in [0.05, 0.1) is 11.1 Å². The zero-order valence-electron chi connectivity index (χ0n) is 8.49. The molecule has 4 heteroatoms. The third-order valence-electron chi connectivity index (χ3n) is 2.46. The highest BCUT2D eigenvalue weighted by molar-refractivity contribution is 6.21. The third kappa shape index (κ3) is 1.53. The van der Waals surface area contributed by atoms with E-state index in [0.717, 1.165) is 0 Å². The second kappa shape index (κ2) is 3.82. The second-order valence-corrected chi connectivity index (χ2v) is 3.41. The van der Waals surface area contributed by atoms with Crippen molar-refractivity contribution in [3.63, 3.8) is 0 Å². The van der Waals surface area contributed by atoms with E-state index in [1.54, 1.807) is 31.3 Å². The van der Waals surface area contributed by atoms with E-state index in [4.69, 9.17) is 0 Å². The van der Waals surface area contributed by atoms with Crippen molar-refractivity contribution >= 4 is 11.8 Å². The lowest BCUT2D eigenvalue weighted by molar-refractivity contribution is 0.0656. The maximum absolute atomic E-state index is 11.8. The Morgan fingerprint density at radius 2 is 1.67 bits per heavy atom. The maximum Gasteiger partial charge on any atom is 0.261 e. The number of nitrogens with zero attached hydrogens (tertiary/aromatic N) is 1. The lowest BCUT2D eigenvalue weighted by Crippen LogP contribution is -2.35. The summed E-state index contributed by atoms with van der Waals surface area (Å²) < 4.78 is 0. The molecule has 0 atom stereocenters. The van der Waals surface area contributed by atoms with E-state index in [1.807, 2.05) is 0 Å². The monoisotopic (exact) mass is 204 g/mol. The summed E-state index contributed by atoms with van der Waals surface area (Å²) in [5.41, 5.74) is 1.03. The van der Waals surface area contributed by atoms with Crippen LogP contribution in [0.5, 0.6) is 0 Å². The Labute approximate surface area is 87.9 Å². The maximum atomic E-state index is 11.8. The van der Waals surface area contributed by atoms with Crippen LogP contribution >= 0.6 is 0 Å². The third-order valence-corrected chi connectivity index (χ3v) is 2.46. The van der Waals surface area contributed by atoms with Gasteiger partial charge < -0.3 is 5.32 Å². The average Bonchev–Trinajstić information content (AvgIpc) is 2.51. The first-order valence-corrected chi connectivity index (χ1v) is 4.85. The zero-order valence-corrected chi connectivity index (χ0v) is 8.49. The van der Waals surface area contributed by atoms with E-state index in [2.05, 4.69) is 5.32 Å². The SMILES string of the molecule is CNCCN1C(=O)c2ccccc2C1=O. The van der Waals surface area contributed by atoms with E-state index >= 15 is 0 Å². The number of hydrogen-bond donors (Lipinski definition) is 1. The molecule has 0 aliphatic carbocycles. The van der Waals surface area contributed by atoms with Gasteiger partial charge in [0.25, 0.3) is 11.8 Å². The molecule has 0 saturated heterocycles. The molecule has 0 fully saturated rings. The minimum absolute atomic E-state index is 0.189. The molecule has 15 heavy (non-hydrogen) atoms. The van der Waals surface area contributed by atoms with Crippen molar-refractivity contribution in [1.29, 1.82) is 0 Å². The summed E-state index contributed by atoms with van der Waals surface area (Å²) >= 11 is 0. The van der Waals surface area contributed by atoms with Crippen LogP contribution in [0.3, 0.4) is 0 Å². The molecule has 1 N–H and O–H groups in total. The molecule has 0 saturated carbocycles. The number of hydrogen-bond acceptors (Lipinski definition) is 3. The molecule has 2 amide bonds. The first-order chi connectivity index (χ1) is 7.25. The lowest BCUT2D eigenvalue weighted by atomic mass is 10.1. The molecular formula is C11H12N2O2. The fraction of sp³-hybridized carbons (Fsp3) is 0.273. The minimum Gasteiger partial charge on any atom is -0.318 e. The van der Waals surface area contributed by atoms with E-state index in [1.165, 1.54) is 4.90 Å². The molecule has 2 rings (SSSR count). The molecule has 1 aliphatic rings. The number of likely N-dealkylation sites (N-methyl/N-ethyl adjacent to an activating group) is 1. The summed E-state index contributed by atoms with van der Waals surface area (Å²) in [5.74, 6) is -0.378. The quantitative estimate of drug-likeness (QED) is 0.729. The predicted octanol–water partition coefficient (Wildman–Crippen LogP) is 0.502. The summed E-state index contributed by atoms with van der Waals surface area (Å²) in [7, 11) is 1.79. The Morgan fingerprint density at radius 3 is 2.13 bits per heavy atom. The Bertz CT molecular complexity index is 380. The Kier molecular flexibility index (Phi) is 2.51. The number of carbonyl (C=O) groups excluding carboxylic acids is 2. The molecular weight excluding hydrogens is 192 g/mol. The number of imide groups is 1. The van der Waals surface area contributed by atoms with Gasteiger partial charge in [-0.25, -0.2) is 0 Å². The summed E-state index contributed by atoms with van der Waals surface area (Å²) in [5, 5.41) is 2.92. The van der Waals surface area contributed by atoms with E-state index in [9.17, 15) is 9.59 Å². The highest BCUT2D eigenvalue weighted by Gasteiger charge is 2.34. The van der Waals surface area contributed by atoms with E-state index in [-0.39, 0.29) is 11.8 Å².